The highest BCUT2D eigenvalue weighted by Gasteiger charge is 2.15. The lowest BCUT2D eigenvalue weighted by atomic mass is 10.2. The first kappa shape index (κ1) is 8.87. The molecule has 72 valence electrons. The van der Waals surface area contributed by atoms with Crippen molar-refractivity contribution in [2.45, 2.75) is 25.8 Å². The molecule has 0 unspecified atom stereocenters. The Balaban J connectivity index is 1.89. The third kappa shape index (κ3) is 2.37. The number of thioether (sulfide) groups is 1. The van der Waals surface area contributed by atoms with Crippen LogP contribution < -0.4 is 5.32 Å². The van der Waals surface area contributed by atoms with Crippen LogP contribution in [0.15, 0.2) is 4.52 Å². The lowest BCUT2D eigenvalue weighted by molar-refractivity contribution is 0.419. The Hall–Kier alpha value is -0.710. The summed E-state index contributed by atoms with van der Waals surface area (Å²) in [6, 6.07) is 1.08. The largest absolute Gasteiger partial charge is 0.335 e. The normalized spacial score (nSPS) is 18.8. The van der Waals surface area contributed by atoms with Crippen molar-refractivity contribution in [3.05, 3.63) is 5.82 Å². The molecular formula is C8H13N3OS. The van der Waals surface area contributed by atoms with Gasteiger partial charge in [0.15, 0.2) is 5.82 Å². The van der Waals surface area contributed by atoms with Gasteiger partial charge in [-0.3, -0.25) is 0 Å². The summed E-state index contributed by atoms with van der Waals surface area (Å²) in [5.41, 5.74) is 0. The predicted molar refractivity (Wildman–Crippen MR) is 53.0 cm³/mol. The minimum Gasteiger partial charge on any atom is -0.335 e. The van der Waals surface area contributed by atoms with Gasteiger partial charge in [-0.15, -0.1) is 0 Å². The quantitative estimate of drug-likeness (QED) is 0.785. The average Bonchev–Trinajstić information content (AvgIpc) is 2.53. The zero-order chi connectivity index (χ0) is 9.10. The van der Waals surface area contributed by atoms with E-state index in [1.54, 1.807) is 0 Å². The van der Waals surface area contributed by atoms with E-state index in [-0.39, 0.29) is 0 Å². The van der Waals surface area contributed by atoms with Crippen LogP contribution in [0.2, 0.25) is 0 Å². The summed E-state index contributed by atoms with van der Waals surface area (Å²) >= 11 is 2.01. The number of aryl methyl sites for hydroxylation is 1. The van der Waals surface area contributed by atoms with Gasteiger partial charge < -0.3 is 9.84 Å². The molecular weight excluding hydrogens is 186 g/mol. The molecule has 4 nitrogen and oxygen atoms in total. The lowest BCUT2D eigenvalue weighted by Gasteiger charge is -2.20. The van der Waals surface area contributed by atoms with E-state index in [0.29, 0.717) is 17.9 Å². The number of hydrogen-bond donors (Lipinski definition) is 1. The van der Waals surface area contributed by atoms with Gasteiger partial charge in [-0.1, -0.05) is 5.16 Å². The summed E-state index contributed by atoms with van der Waals surface area (Å²) in [5.74, 6) is 3.14. The Morgan fingerprint density at radius 1 is 1.46 bits per heavy atom. The molecule has 0 atom stereocenters. The van der Waals surface area contributed by atoms with E-state index in [1.807, 2.05) is 18.7 Å². The number of nitrogens with zero attached hydrogens (tertiary/aromatic N) is 2. The summed E-state index contributed by atoms with van der Waals surface area (Å²) in [7, 11) is 0. The van der Waals surface area contributed by atoms with E-state index in [0.717, 1.165) is 0 Å². The van der Waals surface area contributed by atoms with Crippen molar-refractivity contribution < 1.29 is 4.52 Å². The molecule has 1 aromatic rings. The van der Waals surface area contributed by atoms with Crippen LogP contribution in [0.4, 0.5) is 6.01 Å². The van der Waals surface area contributed by atoms with Crippen molar-refractivity contribution >= 4 is 17.8 Å². The highest BCUT2D eigenvalue weighted by Crippen LogP contribution is 2.19. The summed E-state index contributed by atoms with van der Waals surface area (Å²) in [6.07, 6.45) is 2.37. The Labute approximate surface area is 81.5 Å². The van der Waals surface area contributed by atoms with Crippen molar-refractivity contribution in [1.82, 2.24) is 10.1 Å². The maximum atomic E-state index is 4.99. The van der Waals surface area contributed by atoms with Crippen LogP contribution >= 0.6 is 11.8 Å². The average molecular weight is 199 g/mol. The summed E-state index contributed by atoms with van der Waals surface area (Å²) in [4.78, 5) is 4.11. The number of hydrogen-bond acceptors (Lipinski definition) is 5. The second-order valence-electron chi connectivity index (χ2n) is 3.18. The first-order chi connectivity index (χ1) is 6.34. The summed E-state index contributed by atoms with van der Waals surface area (Å²) in [6.45, 7) is 1.82. The molecule has 0 aromatic carbocycles. The molecule has 5 heteroatoms. The van der Waals surface area contributed by atoms with E-state index in [4.69, 9.17) is 4.52 Å². The number of aromatic nitrogens is 2. The van der Waals surface area contributed by atoms with Gasteiger partial charge in [-0.2, -0.15) is 16.7 Å². The zero-order valence-corrected chi connectivity index (χ0v) is 8.43. The molecule has 1 aromatic heterocycles. The van der Waals surface area contributed by atoms with Gasteiger partial charge in [0.25, 0.3) is 0 Å². The van der Waals surface area contributed by atoms with Crippen LogP contribution in [0, 0.1) is 6.92 Å². The molecule has 1 N–H and O–H groups in total. The topological polar surface area (TPSA) is 51.0 Å². The van der Waals surface area contributed by atoms with Crippen LogP contribution in [-0.2, 0) is 0 Å². The van der Waals surface area contributed by atoms with Crippen LogP contribution in [0.5, 0.6) is 0 Å². The molecule has 0 aliphatic carbocycles. The van der Waals surface area contributed by atoms with Crippen LogP contribution in [-0.4, -0.2) is 27.7 Å². The van der Waals surface area contributed by atoms with Crippen molar-refractivity contribution in [2.24, 2.45) is 0 Å². The van der Waals surface area contributed by atoms with Crippen molar-refractivity contribution in [3.8, 4) is 0 Å². The first-order valence-corrected chi connectivity index (χ1v) is 5.64. The summed E-state index contributed by atoms with van der Waals surface area (Å²) < 4.78 is 4.99. The van der Waals surface area contributed by atoms with E-state index in [2.05, 4.69) is 15.5 Å². The molecule has 1 fully saturated rings. The van der Waals surface area contributed by atoms with Gasteiger partial charge in [-0.25, -0.2) is 0 Å². The number of rotatable bonds is 2. The minimum absolute atomic E-state index is 0.515. The predicted octanol–water partition coefficient (Wildman–Crippen LogP) is 1.69. The highest BCUT2D eigenvalue weighted by atomic mass is 32.2. The van der Waals surface area contributed by atoms with E-state index in [1.165, 1.54) is 24.3 Å². The van der Waals surface area contributed by atoms with Gasteiger partial charge in [0.2, 0.25) is 0 Å². The monoisotopic (exact) mass is 199 g/mol. The van der Waals surface area contributed by atoms with Gasteiger partial charge in [0.1, 0.15) is 0 Å². The van der Waals surface area contributed by atoms with Gasteiger partial charge in [0, 0.05) is 6.04 Å². The maximum absolute atomic E-state index is 4.99. The SMILES string of the molecule is Cc1noc(NC2CCSCC2)n1. The molecule has 1 saturated heterocycles. The standard InChI is InChI=1S/C8H13N3OS/c1-6-9-8(12-11-6)10-7-2-4-13-5-3-7/h7H,2-5H2,1H3,(H,9,10,11). The Morgan fingerprint density at radius 2 is 2.23 bits per heavy atom. The third-order valence-electron chi connectivity index (χ3n) is 2.08. The fraction of sp³-hybridized carbons (Fsp3) is 0.750. The number of nitrogens with one attached hydrogen (secondary N) is 1. The Kier molecular flexibility index (Phi) is 2.73. The minimum atomic E-state index is 0.515. The van der Waals surface area contributed by atoms with E-state index >= 15 is 0 Å². The molecule has 0 radical (unpaired) electrons. The first-order valence-electron chi connectivity index (χ1n) is 4.49. The Morgan fingerprint density at radius 3 is 2.85 bits per heavy atom. The lowest BCUT2D eigenvalue weighted by Crippen LogP contribution is -2.24. The number of anilines is 1. The Bertz CT molecular complexity index is 270. The zero-order valence-electron chi connectivity index (χ0n) is 7.62. The van der Waals surface area contributed by atoms with Crippen LogP contribution in [0.3, 0.4) is 0 Å². The molecule has 2 rings (SSSR count). The van der Waals surface area contributed by atoms with Gasteiger partial charge in [0.05, 0.1) is 0 Å². The third-order valence-corrected chi connectivity index (χ3v) is 3.13. The molecule has 2 heterocycles. The van der Waals surface area contributed by atoms with Crippen molar-refractivity contribution in [2.75, 3.05) is 16.8 Å². The molecule has 0 amide bonds. The second-order valence-corrected chi connectivity index (χ2v) is 4.40. The highest BCUT2D eigenvalue weighted by molar-refractivity contribution is 7.99. The van der Waals surface area contributed by atoms with Crippen LogP contribution in [0.1, 0.15) is 18.7 Å². The molecule has 1 aliphatic heterocycles. The fourth-order valence-electron chi connectivity index (χ4n) is 1.37. The summed E-state index contributed by atoms with van der Waals surface area (Å²) in [5, 5.41) is 6.98. The van der Waals surface area contributed by atoms with Gasteiger partial charge in [-0.05, 0) is 31.3 Å². The van der Waals surface area contributed by atoms with Crippen LogP contribution in [0.25, 0.3) is 0 Å². The molecule has 1 aliphatic rings. The van der Waals surface area contributed by atoms with Gasteiger partial charge >= 0.3 is 6.01 Å². The second kappa shape index (κ2) is 4.00. The van der Waals surface area contributed by atoms with E-state index < -0.39 is 0 Å². The molecule has 0 bridgehead atoms. The van der Waals surface area contributed by atoms with Crippen molar-refractivity contribution in [1.29, 1.82) is 0 Å². The van der Waals surface area contributed by atoms with Crippen molar-refractivity contribution in [3.63, 3.8) is 0 Å². The molecule has 0 spiro atoms. The molecule has 13 heavy (non-hydrogen) atoms. The maximum Gasteiger partial charge on any atom is 0.321 e. The van der Waals surface area contributed by atoms with E-state index in [9.17, 15) is 0 Å². The molecule has 0 saturated carbocycles. The smallest absolute Gasteiger partial charge is 0.321 e. The fourth-order valence-corrected chi connectivity index (χ4v) is 2.48.